The summed E-state index contributed by atoms with van der Waals surface area (Å²) in [5, 5.41) is 4.00. The van der Waals surface area contributed by atoms with E-state index in [0.29, 0.717) is 0 Å². The Bertz CT molecular complexity index is 456. The number of halogens is 1. The molecule has 0 spiro atoms. The standard InChI is InChI=1S/C13H16IN3O/c1-18-11-7-5-10(6-8-11)13(14)9-3-2-4-12(13)16-17-15/h5-8,12H,2-4,9H2,1H3. The van der Waals surface area contributed by atoms with Crippen LogP contribution < -0.4 is 4.74 Å². The van der Waals surface area contributed by atoms with Gasteiger partial charge < -0.3 is 4.74 Å². The summed E-state index contributed by atoms with van der Waals surface area (Å²) >= 11 is 2.46. The van der Waals surface area contributed by atoms with Crippen LogP contribution in [0.25, 0.3) is 10.4 Å². The number of hydrogen-bond acceptors (Lipinski definition) is 2. The number of nitrogens with zero attached hydrogens (tertiary/aromatic N) is 3. The van der Waals surface area contributed by atoms with Gasteiger partial charge in [-0.1, -0.05) is 52.7 Å². The highest BCUT2D eigenvalue weighted by atomic mass is 127. The maximum absolute atomic E-state index is 8.71. The van der Waals surface area contributed by atoms with Crippen LogP contribution in [0.2, 0.25) is 0 Å². The molecule has 0 saturated heterocycles. The van der Waals surface area contributed by atoms with E-state index in [0.717, 1.165) is 25.0 Å². The number of methoxy groups -OCH3 is 1. The van der Waals surface area contributed by atoms with Gasteiger partial charge >= 0.3 is 0 Å². The normalized spacial score (nSPS) is 27.3. The number of hydrogen-bond donors (Lipinski definition) is 0. The van der Waals surface area contributed by atoms with Crippen LogP contribution in [-0.2, 0) is 3.42 Å². The molecule has 1 saturated carbocycles. The molecule has 0 aliphatic heterocycles. The highest BCUT2D eigenvalue weighted by Gasteiger charge is 2.39. The van der Waals surface area contributed by atoms with Gasteiger partial charge in [0.1, 0.15) is 5.75 Å². The molecule has 1 aromatic rings. The Hall–Kier alpha value is -0.940. The van der Waals surface area contributed by atoms with Crippen LogP contribution in [0.3, 0.4) is 0 Å². The zero-order valence-electron chi connectivity index (χ0n) is 10.3. The van der Waals surface area contributed by atoms with Gasteiger partial charge in [0.25, 0.3) is 0 Å². The number of ether oxygens (including phenoxy) is 1. The monoisotopic (exact) mass is 357 g/mol. The van der Waals surface area contributed by atoms with Crippen LogP contribution in [0.15, 0.2) is 29.4 Å². The Labute approximate surface area is 120 Å². The minimum Gasteiger partial charge on any atom is -0.497 e. The molecule has 1 aromatic carbocycles. The van der Waals surface area contributed by atoms with Crippen molar-refractivity contribution in [3.05, 3.63) is 40.3 Å². The lowest BCUT2D eigenvalue weighted by Crippen LogP contribution is -2.35. The van der Waals surface area contributed by atoms with Crippen LogP contribution in [0.1, 0.15) is 31.2 Å². The Morgan fingerprint density at radius 1 is 1.39 bits per heavy atom. The minimum absolute atomic E-state index is 0.0465. The lowest BCUT2D eigenvalue weighted by Gasteiger charge is -2.37. The summed E-state index contributed by atoms with van der Waals surface area (Å²) in [5.74, 6) is 0.856. The SMILES string of the molecule is COc1ccc(C2(I)CCCCC2N=[N+]=[N-])cc1. The molecule has 0 heterocycles. The number of benzene rings is 1. The second-order valence-corrected chi connectivity index (χ2v) is 6.48. The van der Waals surface area contributed by atoms with Crippen molar-refractivity contribution in [1.82, 2.24) is 0 Å². The zero-order chi connectivity index (χ0) is 13.0. The summed E-state index contributed by atoms with van der Waals surface area (Å²) < 4.78 is 5.10. The topological polar surface area (TPSA) is 58.0 Å². The summed E-state index contributed by atoms with van der Waals surface area (Å²) in [6.07, 6.45) is 4.36. The molecule has 2 rings (SSSR count). The fourth-order valence-corrected chi connectivity index (χ4v) is 3.71. The van der Waals surface area contributed by atoms with Gasteiger partial charge in [0.05, 0.1) is 16.6 Å². The third-order valence-corrected chi connectivity index (χ3v) is 5.44. The van der Waals surface area contributed by atoms with Crippen LogP contribution in [-0.4, -0.2) is 13.2 Å². The Balaban J connectivity index is 2.33. The van der Waals surface area contributed by atoms with Gasteiger partial charge in [0.15, 0.2) is 0 Å². The van der Waals surface area contributed by atoms with Crippen molar-refractivity contribution in [1.29, 1.82) is 0 Å². The van der Waals surface area contributed by atoms with Crippen molar-refractivity contribution in [2.24, 2.45) is 5.11 Å². The average molecular weight is 357 g/mol. The maximum Gasteiger partial charge on any atom is 0.118 e. The van der Waals surface area contributed by atoms with Gasteiger partial charge in [-0.15, -0.1) is 0 Å². The van der Waals surface area contributed by atoms with Gasteiger partial charge in [-0.2, -0.15) is 0 Å². The first-order valence-electron chi connectivity index (χ1n) is 6.08. The van der Waals surface area contributed by atoms with E-state index in [-0.39, 0.29) is 9.46 Å². The zero-order valence-corrected chi connectivity index (χ0v) is 12.5. The van der Waals surface area contributed by atoms with Crippen molar-refractivity contribution < 1.29 is 4.74 Å². The summed E-state index contributed by atoms with van der Waals surface area (Å²) in [6.45, 7) is 0. The lowest BCUT2D eigenvalue weighted by molar-refractivity contribution is 0.367. The largest absolute Gasteiger partial charge is 0.497 e. The molecule has 1 aliphatic rings. The molecule has 0 amide bonds. The molecule has 96 valence electrons. The van der Waals surface area contributed by atoms with Crippen molar-refractivity contribution in [3.63, 3.8) is 0 Å². The molecule has 0 aromatic heterocycles. The molecule has 2 atom stereocenters. The van der Waals surface area contributed by atoms with Gasteiger partial charge in [-0.3, -0.25) is 0 Å². The molecule has 5 heteroatoms. The molecule has 0 radical (unpaired) electrons. The second-order valence-electron chi connectivity index (χ2n) is 4.56. The van der Waals surface area contributed by atoms with Gasteiger partial charge in [-0.25, -0.2) is 0 Å². The average Bonchev–Trinajstić information content (AvgIpc) is 2.42. The number of azide groups is 1. The van der Waals surface area contributed by atoms with Crippen molar-refractivity contribution in [2.45, 2.75) is 35.1 Å². The van der Waals surface area contributed by atoms with E-state index in [2.05, 4.69) is 44.7 Å². The van der Waals surface area contributed by atoms with E-state index < -0.39 is 0 Å². The van der Waals surface area contributed by atoms with E-state index in [9.17, 15) is 0 Å². The van der Waals surface area contributed by atoms with E-state index in [1.807, 2.05) is 12.1 Å². The molecular formula is C13H16IN3O. The Morgan fingerprint density at radius 2 is 2.11 bits per heavy atom. The van der Waals surface area contributed by atoms with E-state index in [4.69, 9.17) is 10.3 Å². The molecule has 1 aliphatic carbocycles. The summed E-state index contributed by atoms with van der Waals surface area (Å²) in [4.78, 5) is 3.01. The lowest BCUT2D eigenvalue weighted by atomic mass is 9.80. The molecular weight excluding hydrogens is 341 g/mol. The molecule has 4 nitrogen and oxygen atoms in total. The summed E-state index contributed by atoms with van der Waals surface area (Å²) in [5.41, 5.74) is 9.94. The number of alkyl halides is 1. The smallest absolute Gasteiger partial charge is 0.118 e. The van der Waals surface area contributed by atoms with E-state index >= 15 is 0 Å². The van der Waals surface area contributed by atoms with Gasteiger partial charge in [0.2, 0.25) is 0 Å². The van der Waals surface area contributed by atoms with E-state index in [1.54, 1.807) is 7.11 Å². The molecule has 2 unspecified atom stereocenters. The van der Waals surface area contributed by atoms with Crippen molar-refractivity contribution in [3.8, 4) is 5.75 Å². The summed E-state index contributed by atoms with van der Waals surface area (Å²) in [7, 11) is 1.66. The first-order valence-corrected chi connectivity index (χ1v) is 7.16. The van der Waals surface area contributed by atoms with E-state index in [1.165, 1.54) is 12.0 Å². The first kappa shape index (κ1) is 13.5. The predicted octanol–water partition coefficient (Wildman–Crippen LogP) is 4.58. The molecule has 0 N–H and O–H groups in total. The Morgan fingerprint density at radius 3 is 2.72 bits per heavy atom. The minimum atomic E-state index is -0.0749. The van der Waals surface area contributed by atoms with Crippen LogP contribution in [0.4, 0.5) is 0 Å². The first-order chi connectivity index (χ1) is 8.70. The summed E-state index contributed by atoms with van der Waals surface area (Å²) in [6, 6.07) is 8.15. The fraction of sp³-hybridized carbons (Fsp3) is 0.538. The van der Waals surface area contributed by atoms with Crippen LogP contribution in [0, 0.1) is 0 Å². The molecule has 0 bridgehead atoms. The highest BCUT2D eigenvalue weighted by molar-refractivity contribution is 14.1. The molecule has 18 heavy (non-hydrogen) atoms. The van der Waals surface area contributed by atoms with Gasteiger partial charge in [0, 0.05) is 4.91 Å². The highest BCUT2D eigenvalue weighted by Crippen LogP contribution is 2.47. The van der Waals surface area contributed by atoms with Crippen LogP contribution in [0.5, 0.6) is 5.75 Å². The number of rotatable bonds is 3. The third kappa shape index (κ3) is 2.57. The second kappa shape index (κ2) is 5.80. The predicted molar refractivity (Wildman–Crippen MR) is 80.1 cm³/mol. The maximum atomic E-state index is 8.71. The molecule has 1 fully saturated rings. The van der Waals surface area contributed by atoms with Crippen LogP contribution >= 0.6 is 22.6 Å². The fourth-order valence-electron chi connectivity index (χ4n) is 2.53. The Kier molecular flexibility index (Phi) is 4.35. The van der Waals surface area contributed by atoms with Crippen molar-refractivity contribution >= 4 is 22.6 Å². The van der Waals surface area contributed by atoms with Crippen molar-refractivity contribution in [2.75, 3.05) is 7.11 Å². The quantitative estimate of drug-likeness (QED) is 0.257. The third-order valence-electron chi connectivity index (χ3n) is 3.56. The van der Waals surface area contributed by atoms with Gasteiger partial charge in [-0.05, 0) is 36.1 Å².